The molecule has 4 aromatic rings. The van der Waals surface area contributed by atoms with Crippen molar-refractivity contribution in [2.45, 2.75) is 25.0 Å². The molecule has 3 heteroatoms. The summed E-state index contributed by atoms with van der Waals surface area (Å²) in [6.07, 6.45) is 2.53. The number of para-hydroxylation sites is 2. The molecule has 1 N–H and O–H groups in total. The minimum Gasteiger partial charge on any atom is -0.378 e. The van der Waals surface area contributed by atoms with E-state index in [1.165, 1.54) is 45.0 Å². The summed E-state index contributed by atoms with van der Waals surface area (Å²) in [7, 11) is 2.16. The van der Waals surface area contributed by atoms with E-state index in [0.29, 0.717) is 5.92 Å². The number of hydrogen-bond acceptors (Lipinski definition) is 2. The molecule has 6 rings (SSSR count). The standard InChI is InChI=1S/C25H24N2O/c1-27-22-11-5-3-7-17(22)20-15-16(12-13-23(20)27)24-19-9-6-14-28-25(19)18-8-2-4-10-21(18)26-24/h2-5,7-8,10-13,15,19,24-26H,6,9,14H2,1H3/t19-,24-,25+/m1/s1. The largest absolute Gasteiger partial charge is 0.378 e. The van der Waals surface area contributed by atoms with Crippen LogP contribution in [0.25, 0.3) is 21.8 Å². The first-order chi connectivity index (χ1) is 13.8. The highest BCUT2D eigenvalue weighted by molar-refractivity contribution is 6.08. The third-order valence-electron chi connectivity index (χ3n) is 6.67. The van der Waals surface area contributed by atoms with Crippen molar-refractivity contribution in [2.24, 2.45) is 13.0 Å². The fraction of sp³-hybridized carbons (Fsp3) is 0.280. The van der Waals surface area contributed by atoms with Crippen LogP contribution in [-0.4, -0.2) is 11.2 Å². The van der Waals surface area contributed by atoms with E-state index >= 15 is 0 Å². The SMILES string of the molecule is Cn1c2ccccc2c2cc([C@H]3Nc4ccccc4[C@@H]4OCCC[C@H]34)ccc21. The lowest BCUT2D eigenvalue weighted by Crippen LogP contribution is -2.35. The quantitative estimate of drug-likeness (QED) is 0.448. The molecule has 3 atom stereocenters. The molecule has 0 bridgehead atoms. The predicted octanol–water partition coefficient (Wildman–Crippen LogP) is 5.97. The van der Waals surface area contributed by atoms with Crippen LogP contribution >= 0.6 is 0 Å². The van der Waals surface area contributed by atoms with Crippen LogP contribution in [0.2, 0.25) is 0 Å². The third-order valence-corrected chi connectivity index (χ3v) is 6.67. The molecule has 3 nitrogen and oxygen atoms in total. The number of nitrogens with one attached hydrogen (secondary N) is 1. The number of fused-ring (bicyclic) bond motifs is 6. The van der Waals surface area contributed by atoms with Crippen molar-refractivity contribution < 1.29 is 4.74 Å². The number of hydrogen-bond donors (Lipinski definition) is 1. The Morgan fingerprint density at radius 3 is 2.71 bits per heavy atom. The zero-order chi connectivity index (χ0) is 18.7. The average Bonchev–Trinajstić information content (AvgIpc) is 3.05. The molecular formula is C25H24N2O. The number of ether oxygens (including phenoxy) is 1. The van der Waals surface area contributed by atoms with Gasteiger partial charge in [-0.25, -0.2) is 0 Å². The van der Waals surface area contributed by atoms with Crippen molar-refractivity contribution in [2.75, 3.05) is 11.9 Å². The molecule has 0 radical (unpaired) electrons. The summed E-state index contributed by atoms with van der Waals surface area (Å²) in [6, 6.07) is 24.6. The van der Waals surface area contributed by atoms with Crippen LogP contribution in [0.15, 0.2) is 66.7 Å². The van der Waals surface area contributed by atoms with Crippen LogP contribution in [0, 0.1) is 5.92 Å². The Hall–Kier alpha value is -2.78. The zero-order valence-corrected chi connectivity index (χ0v) is 16.1. The fourth-order valence-electron chi connectivity index (χ4n) is 5.33. The minimum absolute atomic E-state index is 0.194. The molecule has 3 aromatic carbocycles. The number of nitrogens with zero attached hydrogens (tertiary/aromatic N) is 1. The zero-order valence-electron chi connectivity index (χ0n) is 16.1. The molecule has 3 heterocycles. The summed E-state index contributed by atoms with van der Waals surface area (Å²) < 4.78 is 8.57. The second-order valence-electron chi connectivity index (χ2n) is 8.16. The normalized spacial score (nSPS) is 24.0. The first-order valence-electron chi connectivity index (χ1n) is 10.3. The molecule has 1 aromatic heterocycles. The van der Waals surface area contributed by atoms with Gasteiger partial charge in [0.25, 0.3) is 0 Å². The lowest BCUT2D eigenvalue weighted by Gasteiger charge is -2.43. The first kappa shape index (κ1) is 16.2. The van der Waals surface area contributed by atoms with E-state index in [9.17, 15) is 0 Å². The molecular weight excluding hydrogens is 344 g/mol. The van der Waals surface area contributed by atoms with Crippen molar-refractivity contribution in [3.8, 4) is 0 Å². The summed E-state index contributed by atoms with van der Waals surface area (Å²) in [5.41, 5.74) is 6.47. The Morgan fingerprint density at radius 2 is 1.75 bits per heavy atom. The monoisotopic (exact) mass is 368 g/mol. The summed E-state index contributed by atoms with van der Waals surface area (Å²) in [6.45, 7) is 0.866. The maximum absolute atomic E-state index is 6.28. The van der Waals surface area contributed by atoms with E-state index in [1.54, 1.807) is 0 Å². The molecule has 0 saturated carbocycles. The molecule has 28 heavy (non-hydrogen) atoms. The molecule has 0 spiro atoms. The molecule has 2 aliphatic rings. The lowest BCUT2D eigenvalue weighted by atomic mass is 9.77. The summed E-state index contributed by atoms with van der Waals surface area (Å²) in [4.78, 5) is 0. The highest BCUT2D eigenvalue weighted by atomic mass is 16.5. The number of aromatic nitrogens is 1. The van der Waals surface area contributed by atoms with Gasteiger partial charge in [-0.2, -0.15) is 0 Å². The molecule has 2 aliphatic heterocycles. The van der Waals surface area contributed by atoms with E-state index in [0.717, 1.165) is 13.0 Å². The average molecular weight is 368 g/mol. The number of aryl methyl sites for hydroxylation is 1. The maximum atomic E-state index is 6.28. The van der Waals surface area contributed by atoms with Gasteiger partial charge in [-0.3, -0.25) is 0 Å². The second-order valence-corrected chi connectivity index (χ2v) is 8.16. The van der Waals surface area contributed by atoms with Crippen molar-refractivity contribution >= 4 is 27.5 Å². The Bertz CT molecular complexity index is 1190. The van der Waals surface area contributed by atoms with Gasteiger partial charge in [-0.05, 0) is 42.7 Å². The van der Waals surface area contributed by atoms with Gasteiger partial charge in [0, 0.05) is 52.6 Å². The lowest BCUT2D eigenvalue weighted by molar-refractivity contribution is -0.0381. The van der Waals surface area contributed by atoms with E-state index in [1.807, 2.05) is 0 Å². The van der Waals surface area contributed by atoms with E-state index in [-0.39, 0.29) is 12.1 Å². The fourth-order valence-corrected chi connectivity index (χ4v) is 5.33. The van der Waals surface area contributed by atoms with Crippen LogP contribution in [0.4, 0.5) is 5.69 Å². The highest BCUT2D eigenvalue weighted by Gasteiger charge is 2.39. The van der Waals surface area contributed by atoms with Crippen LogP contribution in [-0.2, 0) is 11.8 Å². The van der Waals surface area contributed by atoms with Crippen molar-refractivity contribution in [1.82, 2.24) is 4.57 Å². The van der Waals surface area contributed by atoms with Gasteiger partial charge in [0.1, 0.15) is 0 Å². The van der Waals surface area contributed by atoms with Gasteiger partial charge in [0.2, 0.25) is 0 Å². The molecule has 1 fully saturated rings. The van der Waals surface area contributed by atoms with Crippen LogP contribution in [0.5, 0.6) is 0 Å². The van der Waals surface area contributed by atoms with E-state index in [2.05, 4.69) is 83.7 Å². The van der Waals surface area contributed by atoms with Crippen LogP contribution < -0.4 is 5.32 Å². The van der Waals surface area contributed by atoms with Gasteiger partial charge in [0.15, 0.2) is 0 Å². The molecule has 0 amide bonds. The number of benzene rings is 3. The summed E-state index contributed by atoms with van der Waals surface area (Å²) >= 11 is 0. The molecule has 1 saturated heterocycles. The smallest absolute Gasteiger partial charge is 0.0895 e. The number of rotatable bonds is 1. The summed E-state index contributed by atoms with van der Waals surface area (Å²) in [5, 5.41) is 6.51. The molecule has 0 unspecified atom stereocenters. The molecule has 0 aliphatic carbocycles. The van der Waals surface area contributed by atoms with E-state index < -0.39 is 0 Å². The van der Waals surface area contributed by atoms with Crippen molar-refractivity contribution in [3.63, 3.8) is 0 Å². The van der Waals surface area contributed by atoms with Crippen molar-refractivity contribution in [3.05, 3.63) is 77.9 Å². The number of anilines is 1. The van der Waals surface area contributed by atoms with Crippen molar-refractivity contribution in [1.29, 1.82) is 0 Å². The van der Waals surface area contributed by atoms with Gasteiger partial charge in [0.05, 0.1) is 12.1 Å². The topological polar surface area (TPSA) is 26.2 Å². The van der Waals surface area contributed by atoms with Gasteiger partial charge in [-0.1, -0.05) is 42.5 Å². The summed E-state index contributed by atoms with van der Waals surface area (Å²) in [5.74, 6) is 0.469. The van der Waals surface area contributed by atoms with Crippen LogP contribution in [0.3, 0.4) is 0 Å². The second kappa shape index (κ2) is 6.11. The van der Waals surface area contributed by atoms with Gasteiger partial charge < -0.3 is 14.6 Å². The van der Waals surface area contributed by atoms with Gasteiger partial charge >= 0.3 is 0 Å². The predicted molar refractivity (Wildman–Crippen MR) is 115 cm³/mol. The molecule has 140 valence electrons. The third kappa shape index (κ3) is 2.26. The minimum atomic E-state index is 0.194. The Balaban J connectivity index is 1.52. The Morgan fingerprint density at radius 1 is 0.929 bits per heavy atom. The van der Waals surface area contributed by atoms with Gasteiger partial charge in [-0.15, -0.1) is 0 Å². The highest BCUT2D eigenvalue weighted by Crippen LogP contribution is 2.49. The Kier molecular flexibility index (Phi) is 3.54. The first-order valence-corrected chi connectivity index (χ1v) is 10.3. The maximum Gasteiger partial charge on any atom is 0.0895 e. The Labute approximate surface area is 164 Å². The van der Waals surface area contributed by atoms with E-state index in [4.69, 9.17) is 4.74 Å². The van der Waals surface area contributed by atoms with Crippen LogP contribution in [0.1, 0.15) is 36.1 Å².